The van der Waals surface area contributed by atoms with Crippen LogP contribution in [0.2, 0.25) is 0 Å². The molecule has 118 valence electrons. The molecule has 22 heavy (non-hydrogen) atoms. The molecule has 3 N–H and O–H groups in total. The van der Waals surface area contributed by atoms with Crippen LogP contribution < -0.4 is 0 Å². The van der Waals surface area contributed by atoms with Gasteiger partial charge in [-0.15, -0.1) is 0 Å². The fourth-order valence-electron chi connectivity index (χ4n) is 2.25. The van der Waals surface area contributed by atoms with Crippen molar-refractivity contribution in [2.24, 2.45) is 0 Å². The normalized spacial score (nSPS) is 13.1. The Labute approximate surface area is 126 Å². The summed E-state index contributed by atoms with van der Waals surface area (Å²) in [6.45, 7) is 1.05. The number of rotatable bonds is 6. The lowest BCUT2D eigenvalue weighted by atomic mass is 10.1. The predicted octanol–water partition coefficient (Wildman–Crippen LogP) is 0.0587. The summed E-state index contributed by atoms with van der Waals surface area (Å²) in [7, 11) is 0. The first kappa shape index (κ1) is 16.2. The number of aliphatic hydroxyl groups excluding tert-OH is 1. The minimum absolute atomic E-state index is 0.00765. The molecule has 7 nitrogen and oxygen atoms in total. The van der Waals surface area contributed by atoms with Gasteiger partial charge >= 0.3 is 5.97 Å². The number of carbonyl (C=O) groups excluding carboxylic acids is 2. The van der Waals surface area contributed by atoms with Gasteiger partial charge in [0.15, 0.2) is 6.29 Å². The summed E-state index contributed by atoms with van der Waals surface area (Å²) in [5, 5.41) is 30.3. The van der Waals surface area contributed by atoms with Crippen molar-refractivity contribution in [3.05, 3.63) is 36.0 Å². The van der Waals surface area contributed by atoms with Gasteiger partial charge in [-0.2, -0.15) is 0 Å². The molecular weight excluding hydrogens is 290 g/mol. The van der Waals surface area contributed by atoms with Gasteiger partial charge in [0.1, 0.15) is 0 Å². The molecule has 0 saturated heterocycles. The molecule has 1 unspecified atom stereocenters. The molecule has 2 aromatic rings. The van der Waals surface area contributed by atoms with Gasteiger partial charge in [0, 0.05) is 22.7 Å². The molecule has 1 atom stereocenters. The van der Waals surface area contributed by atoms with E-state index in [1.807, 2.05) is 0 Å². The highest BCUT2D eigenvalue weighted by atomic mass is 16.6. The second kappa shape index (κ2) is 6.27. The van der Waals surface area contributed by atoms with Crippen molar-refractivity contribution < 1.29 is 29.6 Å². The minimum Gasteiger partial charge on any atom is -0.464 e. The smallest absolute Gasteiger partial charge is 0.340 e. The zero-order valence-corrected chi connectivity index (χ0v) is 12.0. The lowest BCUT2D eigenvalue weighted by molar-refractivity contribution is -0.238. The van der Waals surface area contributed by atoms with Crippen LogP contribution in [0.1, 0.15) is 17.3 Å². The van der Waals surface area contributed by atoms with Gasteiger partial charge in [-0.25, -0.2) is 4.79 Å². The van der Waals surface area contributed by atoms with Gasteiger partial charge in [-0.1, -0.05) is 18.2 Å². The van der Waals surface area contributed by atoms with Crippen LogP contribution in [0.15, 0.2) is 30.5 Å². The van der Waals surface area contributed by atoms with E-state index < -0.39 is 24.4 Å². The minimum atomic E-state index is -2.73. The molecule has 1 heterocycles. The number of aldehydes is 1. The molecule has 0 amide bonds. The third kappa shape index (κ3) is 3.01. The second-order valence-electron chi connectivity index (χ2n) is 4.88. The maximum absolute atomic E-state index is 11.4. The zero-order valence-electron chi connectivity index (χ0n) is 12.0. The van der Waals surface area contributed by atoms with Crippen molar-refractivity contribution in [2.75, 3.05) is 6.61 Å². The number of aromatic nitrogens is 1. The molecule has 7 heteroatoms. The Morgan fingerprint density at radius 1 is 1.41 bits per heavy atom. The quantitative estimate of drug-likeness (QED) is 0.395. The Hall–Kier alpha value is -2.22. The number of hydrogen-bond acceptors (Lipinski definition) is 6. The number of para-hydroxylation sites is 1. The molecule has 0 aliphatic heterocycles. The summed E-state index contributed by atoms with van der Waals surface area (Å²) >= 11 is 0. The van der Waals surface area contributed by atoms with E-state index in [1.54, 1.807) is 24.3 Å². The Morgan fingerprint density at radius 2 is 2.09 bits per heavy atom. The van der Waals surface area contributed by atoms with Crippen LogP contribution in [0.25, 0.3) is 10.9 Å². The molecule has 0 aliphatic rings. The van der Waals surface area contributed by atoms with E-state index in [2.05, 4.69) is 4.74 Å². The van der Waals surface area contributed by atoms with Crippen molar-refractivity contribution in [1.29, 1.82) is 0 Å². The number of ether oxygens (including phenoxy) is 1. The zero-order chi connectivity index (χ0) is 16.3. The molecule has 0 fully saturated rings. The average Bonchev–Trinajstić information content (AvgIpc) is 2.84. The molecule has 0 radical (unpaired) electrons. The van der Waals surface area contributed by atoms with E-state index in [0.717, 1.165) is 0 Å². The molecule has 0 bridgehead atoms. The Balaban J connectivity index is 2.33. The third-order valence-electron chi connectivity index (χ3n) is 3.30. The molecule has 0 aliphatic carbocycles. The summed E-state index contributed by atoms with van der Waals surface area (Å²) < 4.78 is 5.96. The molecule has 1 aromatic heterocycles. The second-order valence-corrected chi connectivity index (χ2v) is 4.88. The summed E-state index contributed by atoms with van der Waals surface area (Å²) in [5.74, 6) is -3.85. The van der Waals surface area contributed by atoms with Gasteiger partial charge in [0.25, 0.3) is 0 Å². The number of benzene rings is 1. The van der Waals surface area contributed by atoms with Crippen LogP contribution in [-0.4, -0.2) is 50.6 Å². The topological polar surface area (TPSA) is 109 Å². The van der Waals surface area contributed by atoms with Crippen LogP contribution >= 0.6 is 0 Å². The number of nitrogens with zero attached hydrogens (tertiary/aromatic N) is 1. The van der Waals surface area contributed by atoms with Crippen LogP contribution in [0.5, 0.6) is 0 Å². The Morgan fingerprint density at radius 3 is 2.73 bits per heavy atom. The standard InChI is InChI=1S/C15H17NO6/c1-2-22-14(19)13(18)15(20,21)9-16-7-10(8-17)11-5-3-4-6-12(11)16/h3-8,13,18,20-21H,2,9H2,1H3. The van der Waals surface area contributed by atoms with Crippen LogP contribution in [0.4, 0.5) is 0 Å². The fraction of sp³-hybridized carbons (Fsp3) is 0.333. The number of carbonyl (C=O) groups is 2. The molecule has 0 spiro atoms. The average molecular weight is 307 g/mol. The molecule has 0 saturated carbocycles. The van der Waals surface area contributed by atoms with E-state index in [4.69, 9.17) is 0 Å². The molecule has 1 aromatic carbocycles. The summed E-state index contributed by atoms with van der Waals surface area (Å²) in [6, 6.07) is 6.88. The number of hydrogen-bond donors (Lipinski definition) is 3. The summed E-state index contributed by atoms with van der Waals surface area (Å²) in [6.07, 6.45) is -0.0402. The summed E-state index contributed by atoms with van der Waals surface area (Å²) in [5.41, 5.74) is 0.949. The van der Waals surface area contributed by atoms with Crippen LogP contribution in [-0.2, 0) is 16.1 Å². The van der Waals surface area contributed by atoms with Gasteiger partial charge in [-0.3, -0.25) is 4.79 Å². The first-order valence-electron chi connectivity index (χ1n) is 6.73. The Kier molecular flexibility index (Phi) is 4.60. The van der Waals surface area contributed by atoms with Gasteiger partial charge in [-0.05, 0) is 13.0 Å². The lowest BCUT2D eigenvalue weighted by Crippen LogP contribution is -2.50. The number of fused-ring (bicyclic) bond motifs is 1. The van der Waals surface area contributed by atoms with E-state index in [9.17, 15) is 24.9 Å². The lowest BCUT2D eigenvalue weighted by Gasteiger charge is -2.26. The Bertz CT molecular complexity index is 690. The summed E-state index contributed by atoms with van der Waals surface area (Å²) in [4.78, 5) is 22.5. The largest absolute Gasteiger partial charge is 0.464 e. The first-order chi connectivity index (χ1) is 10.4. The van der Waals surface area contributed by atoms with E-state index in [-0.39, 0.29) is 6.61 Å². The highest BCUT2D eigenvalue weighted by molar-refractivity contribution is 5.97. The maximum atomic E-state index is 11.4. The van der Waals surface area contributed by atoms with Crippen molar-refractivity contribution in [2.45, 2.75) is 25.4 Å². The van der Waals surface area contributed by atoms with Crippen molar-refractivity contribution in [1.82, 2.24) is 4.57 Å². The first-order valence-corrected chi connectivity index (χ1v) is 6.73. The number of aliphatic hydroxyl groups is 3. The predicted molar refractivity (Wildman–Crippen MR) is 77.1 cm³/mol. The number of esters is 1. The molecular formula is C15H17NO6. The monoisotopic (exact) mass is 307 g/mol. The van der Waals surface area contributed by atoms with Gasteiger partial charge < -0.3 is 24.6 Å². The maximum Gasteiger partial charge on any atom is 0.340 e. The third-order valence-corrected chi connectivity index (χ3v) is 3.30. The SMILES string of the molecule is CCOC(=O)C(O)C(O)(O)Cn1cc(C=O)c2ccccc21. The highest BCUT2D eigenvalue weighted by Gasteiger charge is 2.40. The highest BCUT2D eigenvalue weighted by Crippen LogP contribution is 2.22. The van der Waals surface area contributed by atoms with E-state index in [0.29, 0.717) is 22.8 Å². The van der Waals surface area contributed by atoms with Crippen molar-refractivity contribution in [3.8, 4) is 0 Å². The van der Waals surface area contributed by atoms with Crippen molar-refractivity contribution >= 4 is 23.2 Å². The van der Waals surface area contributed by atoms with Gasteiger partial charge in [0.05, 0.1) is 13.2 Å². The van der Waals surface area contributed by atoms with Crippen LogP contribution in [0.3, 0.4) is 0 Å². The van der Waals surface area contributed by atoms with Crippen molar-refractivity contribution in [3.63, 3.8) is 0 Å². The van der Waals surface area contributed by atoms with E-state index in [1.165, 1.54) is 17.7 Å². The van der Waals surface area contributed by atoms with Crippen LogP contribution in [0, 0.1) is 0 Å². The van der Waals surface area contributed by atoms with Gasteiger partial charge in [0.2, 0.25) is 11.9 Å². The fourth-order valence-corrected chi connectivity index (χ4v) is 2.25. The van der Waals surface area contributed by atoms with E-state index >= 15 is 0 Å². The molecule has 2 rings (SSSR count).